The molecule has 106 valence electrons. The van der Waals surface area contributed by atoms with Gasteiger partial charge in [-0.25, -0.2) is 9.78 Å². The Morgan fingerprint density at radius 3 is 2.90 bits per heavy atom. The Kier molecular flexibility index (Phi) is 3.98. The minimum absolute atomic E-state index is 0.214. The number of aromatic carboxylic acids is 1. The second-order valence-corrected chi connectivity index (χ2v) is 6.12. The maximum Gasteiger partial charge on any atom is 0.335 e. The first kappa shape index (κ1) is 13.8. The van der Waals surface area contributed by atoms with Gasteiger partial charge in [-0.05, 0) is 29.6 Å². The van der Waals surface area contributed by atoms with E-state index >= 15 is 0 Å². The summed E-state index contributed by atoms with van der Waals surface area (Å²) in [6.45, 7) is 0.332. The molecule has 4 nitrogen and oxygen atoms in total. The van der Waals surface area contributed by atoms with Crippen LogP contribution in [0.4, 0.5) is 0 Å². The zero-order valence-corrected chi connectivity index (χ0v) is 12.5. The first-order valence-corrected chi connectivity index (χ1v) is 7.93. The zero-order valence-electron chi connectivity index (χ0n) is 10.9. The summed E-state index contributed by atoms with van der Waals surface area (Å²) in [6, 6.07) is 10.5. The molecule has 1 aromatic carbocycles. The van der Waals surface area contributed by atoms with Crippen LogP contribution in [0.15, 0.2) is 47.2 Å². The van der Waals surface area contributed by atoms with Crippen molar-refractivity contribution < 1.29 is 14.6 Å². The lowest BCUT2D eigenvalue weighted by Gasteiger charge is -2.04. The van der Waals surface area contributed by atoms with Gasteiger partial charge in [0.05, 0.1) is 16.1 Å². The molecule has 21 heavy (non-hydrogen) atoms. The predicted octanol–water partition coefficient (Wildman–Crippen LogP) is 4.15. The Balaban J connectivity index is 1.68. The molecule has 0 aliphatic rings. The van der Waals surface area contributed by atoms with Crippen molar-refractivity contribution >= 4 is 28.6 Å². The second kappa shape index (κ2) is 6.07. The van der Waals surface area contributed by atoms with Crippen LogP contribution in [-0.4, -0.2) is 16.1 Å². The summed E-state index contributed by atoms with van der Waals surface area (Å²) in [5.74, 6) is -0.433. The largest absolute Gasteiger partial charge is 0.486 e. The molecule has 0 spiro atoms. The Morgan fingerprint density at radius 2 is 2.14 bits per heavy atom. The molecule has 3 aromatic rings. The molecular weight excluding hydrogens is 306 g/mol. The van der Waals surface area contributed by atoms with Crippen molar-refractivity contribution in [3.63, 3.8) is 0 Å². The number of carbonyl (C=O) groups is 1. The van der Waals surface area contributed by atoms with Gasteiger partial charge >= 0.3 is 5.97 Å². The molecule has 0 bridgehead atoms. The molecule has 0 saturated heterocycles. The number of hydrogen-bond donors (Lipinski definition) is 1. The van der Waals surface area contributed by atoms with Crippen molar-refractivity contribution in [3.8, 4) is 16.3 Å². The molecule has 0 atom stereocenters. The van der Waals surface area contributed by atoms with Gasteiger partial charge in [0.1, 0.15) is 17.4 Å². The van der Waals surface area contributed by atoms with Gasteiger partial charge in [-0.3, -0.25) is 0 Å². The van der Waals surface area contributed by atoms with E-state index in [2.05, 4.69) is 4.98 Å². The molecule has 6 heteroatoms. The SMILES string of the molecule is O=C(O)c1cccc(OCc2nc(-c3cccs3)cs2)c1. The average molecular weight is 317 g/mol. The standard InChI is InChI=1S/C15H11NO3S2/c17-15(18)10-3-1-4-11(7-10)19-8-14-16-12(9-21-14)13-5-2-6-20-13/h1-7,9H,8H2,(H,17,18). The Morgan fingerprint density at radius 1 is 1.24 bits per heavy atom. The molecule has 2 heterocycles. The van der Waals surface area contributed by atoms with Crippen LogP contribution in [0.5, 0.6) is 5.75 Å². The Labute approximate surface area is 129 Å². The topological polar surface area (TPSA) is 59.4 Å². The van der Waals surface area contributed by atoms with Gasteiger partial charge in [-0.15, -0.1) is 22.7 Å². The van der Waals surface area contributed by atoms with Crippen LogP contribution in [0.3, 0.4) is 0 Å². The third-order valence-corrected chi connectivity index (χ3v) is 4.48. The van der Waals surface area contributed by atoms with Crippen LogP contribution in [0, 0.1) is 0 Å². The zero-order chi connectivity index (χ0) is 14.7. The summed E-state index contributed by atoms with van der Waals surface area (Å²) in [5.41, 5.74) is 1.17. The van der Waals surface area contributed by atoms with Crippen molar-refractivity contribution in [2.45, 2.75) is 6.61 Å². The molecule has 1 N–H and O–H groups in total. The first-order valence-electron chi connectivity index (χ1n) is 6.17. The molecule has 3 rings (SSSR count). The van der Waals surface area contributed by atoms with E-state index in [4.69, 9.17) is 9.84 Å². The highest BCUT2D eigenvalue weighted by molar-refractivity contribution is 7.14. The number of hydrogen-bond acceptors (Lipinski definition) is 5. The summed E-state index contributed by atoms with van der Waals surface area (Å²) in [6.07, 6.45) is 0. The highest BCUT2D eigenvalue weighted by atomic mass is 32.1. The molecular formula is C15H11NO3S2. The smallest absolute Gasteiger partial charge is 0.335 e. The summed E-state index contributed by atoms with van der Waals surface area (Å²) in [5, 5.41) is 13.8. The quantitative estimate of drug-likeness (QED) is 0.768. The predicted molar refractivity (Wildman–Crippen MR) is 83.2 cm³/mol. The second-order valence-electron chi connectivity index (χ2n) is 4.23. The number of carboxylic acid groups (broad SMARTS) is 1. The van der Waals surface area contributed by atoms with E-state index < -0.39 is 5.97 Å². The van der Waals surface area contributed by atoms with Crippen molar-refractivity contribution in [2.24, 2.45) is 0 Å². The van der Waals surface area contributed by atoms with Gasteiger partial charge in [0.15, 0.2) is 0 Å². The third-order valence-electron chi connectivity index (χ3n) is 2.77. The van der Waals surface area contributed by atoms with Gasteiger partial charge in [-0.1, -0.05) is 12.1 Å². The lowest BCUT2D eigenvalue weighted by molar-refractivity contribution is 0.0696. The maximum absolute atomic E-state index is 10.9. The van der Waals surface area contributed by atoms with Crippen molar-refractivity contribution in [1.29, 1.82) is 0 Å². The van der Waals surface area contributed by atoms with Gasteiger partial charge < -0.3 is 9.84 Å². The van der Waals surface area contributed by atoms with Crippen molar-refractivity contribution in [2.75, 3.05) is 0 Å². The highest BCUT2D eigenvalue weighted by Gasteiger charge is 2.07. The number of carboxylic acids is 1. The maximum atomic E-state index is 10.9. The number of thiazole rings is 1. The summed E-state index contributed by atoms with van der Waals surface area (Å²) in [4.78, 5) is 16.5. The summed E-state index contributed by atoms with van der Waals surface area (Å²) in [7, 11) is 0. The van der Waals surface area contributed by atoms with Crippen LogP contribution in [-0.2, 0) is 6.61 Å². The number of nitrogens with zero attached hydrogens (tertiary/aromatic N) is 1. The lowest BCUT2D eigenvalue weighted by atomic mass is 10.2. The molecule has 0 radical (unpaired) electrons. The van der Waals surface area contributed by atoms with E-state index in [-0.39, 0.29) is 5.56 Å². The van der Waals surface area contributed by atoms with E-state index in [1.807, 2.05) is 22.9 Å². The lowest BCUT2D eigenvalue weighted by Crippen LogP contribution is -1.99. The average Bonchev–Trinajstić information content (AvgIpc) is 3.16. The van der Waals surface area contributed by atoms with Gasteiger partial charge in [0.25, 0.3) is 0 Å². The van der Waals surface area contributed by atoms with E-state index in [1.54, 1.807) is 23.5 Å². The van der Waals surface area contributed by atoms with Crippen molar-refractivity contribution in [3.05, 3.63) is 57.7 Å². The number of thiophene rings is 1. The van der Waals surface area contributed by atoms with Crippen LogP contribution >= 0.6 is 22.7 Å². The first-order chi connectivity index (χ1) is 10.2. The van der Waals surface area contributed by atoms with Gasteiger partial charge in [0, 0.05) is 5.38 Å². The van der Waals surface area contributed by atoms with E-state index in [0.29, 0.717) is 12.4 Å². The highest BCUT2D eigenvalue weighted by Crippen LogP contribution is 2.26. The van der Waals surface area contributed by atoms with Gasteiger partial charge in [-0.2, -0.15) is 0 Å². The summed E-state index contributed by atoms with van der Waals surface area (Å²) < 4.78 is 5.60. The number of benzene rings is 1. The number of aromatic nitrogens is 1. The normalized spacial score (nSPS) is 10.5. The Bertz CT molecular complexity index is 750. The molecule has 0 aliphatic heterocycles. The van der Waals surface area contributed by atoms with Crippen LogP contribution in [0.25, 0.3) is 10.6 Å². The monoisotopic (exact) mass is 317 g/mol. The van der Waals surface area contributed by atoms with Crippen LogP contribution in [0.1, 0.15) is 15.4 Å². The molecule has 0 amide bonds. The fourth-order valence-electron chi connectivity index (χ4n) is 1.78. The van der Waals surface area contributed by atoms with Gasteiger partial charge in [0.2, 0.25) is 0 Å². The van der Waals surface area contributed by atoms with Crippen molar-refractivity contribution in [1.82, 2.24) is 4.98 Å². The minimum atomic E-state index is -0.963. The molecule has 0 aliphatic carbocycles. The molecule has 0 fully saturated rings. The van der Waals surface area contributed by atoms with E-state index in [0.717, 1.165) is 15.6 Å². The fraction of sp³-hybridized carbons (Fsp3) is 0.0667. The van der Waals surface area contributed by atoms with E-state index in [9.17, 15) is 4.79 Å². The molecule has 2 aromatic heterocycles. The van der Waals surface area contributed by atoms with Crippen LogP contribution in [0.2, 0.25) is 0 Å². The number of ether oxygens (including phenoxy) is 1. The van der Waals surface area contributed by atoms with Crippen LogP contribution < -0.4 is 4.74 Å². The number of rotatable bonds is 5. The fourth-order valence-corrected chi connectivity index (χ4v) is 3.24. The molecule has 0 saturated carbocycles. The minimum Gasteiger partial charge on any atom is -0.486 e. The Hall–Kier alpha value is -2.18. The van der Waals surface area contributed by atoms with E-state index in [1.165, 1.54) is 23.5 Å². The summed E-state index contributed by atoms with van der Waals surface area (Å²) >= 11 is 3.18. The molecule has 0 unspecified atom stereocenters. The third kappa shape index (κ3) is 3.29.